The van der Waals surface area contributed by atoms with E-state index < -0.39 is 0 Å². The van der Waals surface area contributed by atoms with Gasteiger partial charge in [0.15, 0.2) is 11.0 Å². The lowest BCUT2D eigenvalue weighted by molar-refractivity contribution is -0.570. The second kappa shape index (κ2) is 11.1. The molecule has 6 aromatic rings. The highest BCUT2D eigenvalue weighted by Gasteiger charge is 2.40. The normalized spacial score (nSPS) is 15.2. The number of anilines is 2. The fourth-order valence-electron chi connectivity index (χ4n) is 6.27. The van der Waals surface area contributed by atoms with Gasteiger partial charge in [-0.05, 0) is 66.2 Å². The van der Waals surface area contributed by atoms with Crippen LogP contribution >= 0.6 is 0 Å². The molecule has 0 aliphatic carbocycles. The van der Waals surface area contributed by atoms with E-state index in [1.54, 1.807) is 0 Å². The maximum absolute atomic E-state index is 2.39. The summed E-state index contributed by atoms with van der Waals surface area (Å²) in [6.45, 7) is 4.62. The van der Waals surface area contributed by atoms with Gasteiger partial charge in [-0.3, -0.25) is 0 Å². The highest BCUT2D eigenvalue weighted by molar-refractivity contribution is 5.80. The molecule has 0 amide bonds. The van der Waals surface area contributed by atoms with E-state index in [0.29, 0.717) is 0 Å². The van der Waals surface area contributed by atoms with E-state index in [0.717, 1.165) is 28.2 Å². The average molecular weight is 557 g/mol. The molecule has 43 heavy (non-hydrogen) atoms. The van der Waals surface area contributed by atoms with Crippen LogP contribution in [0.4, 0.5) is 11.4 Å². The minimum atomic E-state index is -0.128. The Hall–Kier alpha value is -5.41. The van der Waals surface area contributed by atoms with Gasteiger partial charge in [0, 0.05) is 28.6 Å². The summed E-state index contributed by atoms with van der Waals surface area (Å²) >= 11 is 0. The molecule has 0 saturated carbocycles. The molecule has 5 aromatic carbocycles. The Balaban J connectivity index is 1.32. The lowest BCUT2D eigenvalue weighted by Crippen LogP contribution is -2.33. The molecule has 1 aromatic heterocycles. The van der Waals surface area contributed by atoms with Gasteiger partial charge in [0.25, 0.3) is 5.82 Å². The maximum atomic E-state index is 2.39. The molecule has 0 fully saturated rings. The second-order valence-corrected chi connectivity index (χ2v) is 11.3. The molecule has 0 unspecified atom stereocenters. The molecular weight excluding hydrogens is 522 g/mol. The van der Waals surface area contributed by atoms with E-state index in [1.807, 2.05) is 0 Å². The highest BCUT2D eigenvalue weighted by Crippen LogP contribution is 2.50. The van der Waals surface area contributed by atoms with Crippen molar-refractivity contribution < 1.29 is 4.57 Å². The molecule has 3 heteroatoms. The molecule has 1 aliphatic heterocycles. The Morgan fingerprint density at radius 2 is 1.19 bits per heavy atom. The first-order valence-electron chi connectivity index (χ1n) is 14.8. The van der Waals surface area contributed by atoms with Gasteiger partial charge in [-0.1, -0.05) is 117 Å². The molecular formula is C40H34N3+. The van der Waals surface area contributed by atoms with E-state index in [1.165, 1.54) is 22.6 Å². The van der Waals surface area contributed by atoms with E-state index in [9.17, 15) is 0 Å². The Morgan fingerprint density at radius 1 is 0.581 bits per heavy atom. The number of aromatic nitrogens is 2. The predicted molar refractivity (Wildman–Crippen MR) is 179 cm³/mol. The Kier molecular flexibility index (Phi) is 6.84. The van der Waals surface area contributed by atoms with Crippen molar-refractivity contribution in [2.45, 2.75) is 19.3 Å². The summed E-state index contributed by atoms with van der Waals surface area (Å²) in [5, 5.41) is 0. The first kappa shape index (κ1) is 26.5. The minimum absolute atomic E-state index is 0.128. The summed E-state index contributed by atoms with van der Waals surface area (Å²) in [5.74, 6) is 1.08. The Labute approximate surface area is 253 Å². The molecule has 7 rings (SSSR count). The van der Waals surface area contributed by atoms with Crippen LogP contribution in [0.25, 0.3) is 28.5 Å². The predicted octanol–water partition coefficient (Wildman–Crippen LogP) is 9.49. The van der Waals surface area contributed by atoms with Crippen molar-refractivity contribution in [3.05, 3.63) is 181 Å². The van der Waals surface area contributed by atoms with Gasteiger partial charge in [-0.25, -0.2) is 0 Å². The van der Waals surface area contributed by atoms with Crippen molar-refractivity contribution >= 4 is 28.5 Å². The van der Waals surface area contributed by atoms with Crippen molar-refractivity contribution in [2.75, 3.05) is 4.90 Å². The van der Waals surface area contributed by atoms with Gasteiger partial charge in [0.2, 0.25) is 0 Å². The number of nitrogens with zero attached hydrogens (tertiary/aromatic N) is 3. The van der Waals surface area contributed by atoms with Crippen molar-refractivity contribution in [3.63, 3.8) is 0 Å². The van der Waals surface area contributed by atoms with Crippen molar-refractivity contribution in [1.82, 2.24) is 4.57 Å². The first-order valence-corrected chi connectivity index (χ1v) is 14.8. The van der Waals surface area contributed by atoms with Crippen LogP contribution in [0.15, 0.2) is 170 Å². The number of hydrogen-bond donors (Lipinski definition) is 0. The van der Waals surface area contributed by atoms with Gasteiger partial charge < -0.3 is 4.90 Å². The summed E-state index contributed by atoms with van der Waals surface area (Å²) in [6, 6.07) is 49.1. The lowest BCUT2D eigenvalue weighted by atomic mass is 9.84. The van der Waals surface area contributed by atoms with Crippen LogP contribution in [0.1, 0.15) is 25.2 Å². The van der Waals surface area contributed by atoms with Crippen LogP contribution in [-0.2, 0) is 5.41 Å². The quantitative estimate of drug-likeness (QED) is 0.147. The van der Waals surface area contributed by atoms with Gasteiger partial charge in [-0.2, -0.15) is 9.13 Å². The molecule has 0 bridgehead atoms. The van der Waals surface area contributed by atoms with Crippen molar-refractivity contribution in [1.29, 1.82) is 0 Å². The maximum Gasteiger partial charge on any atom is 0.292 e. The molecule has 0 N–H and O–H groups in total. The molecule has 0 spiro atoms. The first-order chi connectivity index (χ1) is 21.1. The lowest BCUT2D eigenvalue weighted by Gasteiger charge is -2.27. The molecule has 1 aliphatic rings. The number of fused-ring (bicyclic) bond motifs is 2. The summed E-state index contributed by atoms with van der Waals surface area (Å²) in [6.07, 6.45) is 10.9. The van der Waals surface area contributed by atoms with E-state index in [-0.39, 0.29) is 5.41 Å². The highest BCUT2D eigenvalue weighted by atomic mass is 15.2. The molecule has 3 nitrogen and oxygen atoms in total. The fraction of sp³-hybridized carbons (Fsp3) is 0.0750. The number of hydrogen-bond acceptors (Lipinski definition) is 1. The largest absolute Gasteiger partial charge is 0.313 e. The third-order valence-electron chi connectivity index (χ3n) is 8.29. The molecule has 2 heterocycles. The summed E-state index contributed by atoms with van der Waals surface area (Å²) in [4.78, 5) is 2.39. The second-order valence-electron chi connectivity index (χ2n) is 11.3. The molecule has 208 valence electrons. The molecule has 0 radical (unpaired) electrons. The van der Waals surface area contributed by atoms with Crippen LogP contribution in [0.2, 0.25) is 0 Å². The van der Waals surface area contributed by atoms with E-state index >= 15 is 0 Å². The van der Waals surface area contributed by atoms with Crippen LogP contribution in [0.3, 0.4) is 0 Å². The zero-order valence-corrected chi connectivity index (χ0v) is 24.5. The van der Waals surface area contributed by atoms with Gasteiger partial charge in [0.1, 0.15) is 11.4 Å². The Morgan fingerprint density at radius 3 is 1.93 bits per heavy atom. The number of benzene rings is 5. The van der Waals surface area contributed by atoms with Crippen molar-refractivity contribution in [2.24, 2.45) is 0 Å². The van der Waals surface area contributed by atoms with Gasteiger partial charge in [0.05, 0.1) is 0 Å². The minimum Gasteiger partial charge on any atom is -0.313 e. The third-order valence-corrected chi connectivity index (χ3v) is 8.29. The SMILES string of the molecule is CC1(C)/C(=C/C=C/C=C/c2n(-c3ccccc3)c3ccccc3[n+]2-c2ccccc2)N(c2ccccc2)c2ccccc21. The standard InChI is InChI=1S/C40H34N3/c1-40(2)34-25-15-16-26-35(34)41(31-19-7-3-8-20-31)38(40)29-13-6-14-30-39-42(32-21-9-4-10-22-32)36-27-17-18-28-37(36)43(39)33-23-11-5-12-24-33/h3-30H,1-2H3/q+1. The Bertz CT molecular complexity index is 1900. The number of para-hydroxylation sites is 6. The fourth-order valence-corrected chi connectivity index (χ4v) is 6.27. The van der Waals surface area contributed by atoms with Gasteiger partial charge in [-0.15, -0.1) is 0 Å². The number of imidazole rings is 1. The number of allylic oxidation sites excluding steroid dienone is 5. The molecule has 0 atom stereocenters. The van der Waals surface area contributed by atoms with Crippen LogP contribution < -0.4 is 9.47 Å². The van der Waals surface area contributed by atoms with Crippen LogP contribution in [0, 0.1) is 0 Å². The topological polar surface area (TPSA) is 12.0 Å². The monoisotopic (exact) mass is 556 g/mol. The van der Waals surface area contributed by atoms with Gasteiger partial charge >= 0.3 is 0 Å². The van der Waals surface area contributed by atoms with Crippen LogP contribution in [0.5, 0.6) is 0 Å². The summed E-state index contributed by atoms with van der Waals surface area (Å²) in [7, 11) is 0. The van der Waals surface area contributed by atoms with E-state index in [4.69, 9.17) is 0 Å². The van der Waals surface area contributed by atoms with Crippen LogP contribution in [-0.4, -0.2) is 4.57 Å². The zero-order valence-electron chi connectivity index (χ0n) is 24.5. The van der Waals surface area contributed by atoms with E-state index in [2.05, 4.69) is 198 Å². The average Bonchev–Trinajstić information content (AvgIpc) is 3.50. The summed E-state index contributed by atoms with van der Waals surface area (Å²) < 4.78 is 4.66. The smallest absolute Gasteiger partial charge is 0.292 e. The third kappa shape index (κ3) is 4.69. The molecule has 0 saturated heterocycles. The number of rotatable bonds is 6. The van der Waals surface area contributed by atoms with Crippen molar-refractivity contribution in [3.8, 4) is 11.4 Å². The zero-order chi connectivity index (χ0) is 29.2. The summed E-state index contributed by atoms with van der Waals surface area (Å²) in [5.41, 5.74) is 9.45.